The monoisotopic (exact) mass is 443 g/mol. The summed E-state index contributed by atoms with van der Waals surface area (Å²) in [6.45, 7) is 3.29. The van der Waals surface area contributed by atoms with E-state index in [-0.39, 0.29) is 17.7 Å². The van der Waals surface area contributed by atoms with Crippen molar-refractivity contribution >= 4 is 49.3 Å². The first-order chi connectivity index (χ1) is 15.6. The number of carbonyl (C=O) groups is 2. The number of thiazole rings is 1. The van der Waals surface area contributed by atoms with E-state index in [4.69, 9.17) is 0 Å². The predicted molar refractivity (Wildman–Crippen MR) is 130 cm³/mol. The van der Waals surface area contributed by atoms with Gasteiger partial charge in [-0.05, 0) is 53.8 Å². The number of nitrogens with one attached hydrogen (secondary N) is 1. The van der Waals surface area contributed by atoms with Gasteiger partial charge in [-0.2, -0.15) is 0 Å². The molecule has 0 radical (unpaired) electrons. The van der Waals surface area contributed by atoms with E-state index < -0.39 is 0 Å². The van der Waals surface area contributed by atoms with Crippen molar-refractivity contribution < 1.29 is 9.59 Å². The summed E-state index contributed by atoms with van der Waals surface area (Å²) in [5, 5.41) is 5.69. The first-order valence-electron chi connectivity index (χ1n) is 11.1. The van der Waals surface area contributed by atoms with Crippen LogP contribution in [0.1, 0.15) is 35.7 Å². The molecule has 2 amide bonds. The first kappa shape index (κ1) is 20.6. The summed E-state index contributed by atoms with van der Waals surface area (Å²) in [5.41, 5.74) is 2.91. The van der Waals surface area contributed by atoms with Crippen molar-refractivity contribution in [2.75, 3.05) is 18.4 Å². The first-order valence-corrected chi connectivity index (χ1v) is 11.9. The van der Waals surface area contributed by atoms with Gasteiger partial charge in [0.2, 0.25) is 5.91 Å². The lowest BCUT2D eigenvalue weighted by molar-refractivity contribution is -0.121. The zero-order valence-electron chi connectivity index (χ0n) is 18.0. The predicted octanol–water partition coefficient (Wildman–Crippen LogP) is 5.50. The van der Waals surface area contributed by atoms with E-state index in [0.29, 0.717) is 31.1 Å². The zero-order valence-corrected chi connectivity index (χ0v) is 18.8. The number of aromatic nitrogens is 1. The van der Waals surface area contributed by atoms with Crippen molar-refractivity contribution in [3.8, 4) is 0 Å². The van der Waals surface area contributed by atoms with E-state index in [0.717, 1.165) is 33.0 Å². The van der Waals surface area contributed by atoms with Crippen LogP contribution in [0.3, 0.4) is 0 Å². The van der Waals surface area contributed by atoms with Gasteiger partial charge >= 0.3 is 0 Å². The minimum atomic E-state index is -0.107. The molecule has 0 unspecified atom stereocenters. The molecule has 1 aliphatic rings. The maximum absolute atomic E-state index is 13.1. The third-order valence-electron chi connectivity index (χ3n) is 6.26. The third kappa shape index (κ3) is 3.98. The number of aryl methyl sites for hydroxylation is 1. The Hall–Kier alpha value is -3.25. The second-order valence-corrected chi connectivity index (χ2v) is 9.29. The lowest BCUT2D eigenvalue weighted by Gasteiger charge is -2.31. The maximum Gasteiger partial charge on any atom is 0.254 e. The van der Waals surface area contributed by atoms with Gasteiger partial charge in [0.25, 0.3) is 5.91 Å². The number of likely N-dealkylation sites (tertiary alicyclic amines) is 1. The van der Waals surface area contributed by atoms with Crippen molar-refractivity contribution in [1.82, 2.24) is 9.88 Å². The molecule has 0 saturated carbocycles. The van der Waals surface area contributed by atoms with Gasteiger partial charge in [0.05, 0.1) is 10.2 Å². The Morgan fingerprint density at radius 1 is 1.06 bits per heavy atom. The van der Waals surface area contributed by atoms with Crippen LogP contribution >= 0.6 is 11.3 Å². The number of benzene rings is 3. The van der Waals surface area contributed by atoms with Gasteiger partial charge in [0, 0.05) is 24.6 Å². The van der Waals surface area contributed by atoms with Crippen molar-refractivity contribution in [2.24, 2.45) is 5.92 Å². The highest BCUT2D eigenvalue weighted by Gasteiger charge is 2.29. The number of hydrogen-bond donors (Lipinski definition) is 1. The number of rotatable bonds is 4. The Morgan fingerprint density at radius 2 is 1.84 bits per heavy atom. The number of piperidine rings is 1. The molecular formula is C26H25N3O2S. The Bertz CT molecular complexity index is 1300. The standard InChI is InChI=1S/C26H25N3O2S/c1-2-17-10-11-22-23(16-17)32-26(27-22)28-24(30)19-12-14-29(15-13-19)25(31)21-9-5-7-18-6-3-4-8-20(18)21/h3-11,16,19H,2,12-15H2,1H3,(H,27,28,30). The second-order valence-electron chi connectivity index (χ2n) is 8.26. The Balaban J connectivity index is 1.23. The number of carbonyl (C=O) groups excluding carboxylic acids is 2. The van der Waals surface area contributed by atoms with Crippen molar-refractivity contribution in [3.63, 3.8) is 0 Å². The van der Waals surface area contributed by atoms with E-state index >= 15 is 0 Å². The molecule has 0 atom stereocenters. The number of nitrogens with zero attached hydrogens (tertiary/aromatic N) is 2. The van der Waals surface area contributed by atoms with Crippen LogP contribution in [0.4, 0.5) is 5.13 Å². The third-order valence-corrected chi connectivity index (χ3v) is 7.20. The van der Waals surface area contributed by atoms with Crippen molar-refractivity contribution in [1.29, 1.82) is 0 Å². The van der Waals surface area contributed by atoms with E-state index in [2.05, 4.69) is 29.4 Å². The fourth-order valence-electron chi connectivity index (χ4n) is 4.38. The molecule has 0 bridgehead atoms. The fourth-order valence-corrected chi connectivity index (χ4v) is 5.31. The second kappa shape index (κ2) is 8.71. The largest absolute Gasteiger partial charge is 0.339 e. The SMILES string of the molecule is CCc1ccc2nc(NC(=O)C3CCN(C(=O)c4cccc5ccccc45)CC3)sc2c1. The van der Waals surface area contributed by atoms with Crippen LogP contribution in [0, 0.1) is 5.92 Å². The smallest absolute Gasteiger partial charge is 0.254 e. The summed E-state index contributed by atoms with van der Waals surface area (Å²) in [6, 6.07) is 20.0. The molecule has 0 spiro atoms. The molecule has 5 nitrogen and oxygen atoms in total. The summed E-state index contributed by atoms with van der Waals surface area (Å²) in [7, 11) is 0. The molecule has 162 valence electrons. The van der Waals surface area contributed by atoms with Gasteiger partial charge in [-0.3, -0.25) is 9.59 Å². The molecule has 1 aromatic heterocycles. The van der Waals surface area contributed by atoms with Gasteiger partial charge in [0.15, 0.2) is 5.13 Å². The summed E-state index contributed by atoms with van der Waals surface area (Å²) in [6.07, 6.45) is 2.30. The maximum atomic E-state index is 13.1. The summed E-state index contributed by atoms with van der Waals surface area (Å²) in [4.78, 5) is 32.4. The van der Waals surface area contributed by atoms with Crippen LogP contribution in [0.25, 0.3) is 21.0 Å². The number of hydrogen-bond acceptors (Lipinski definition) is 4. The summed E-state index contributed by atoms with van der Waals surface area (Å²) >= 11 is 1.52. The number of anilines is 1. The molecule has 1 aliphatic heterocycles. The Morgan fingerprint density at radius 3 is 2.66 bits per heavy atom. The van der Waals surface area contributed by atoms with Crippen LogP contribution in [-0.2, 0) is 11.2 Å². The molecule has 1 N–H and O–H groups in total. The van der Waals surface area contributed by atoms with Crippen LogP contribution in [-0.4, -0.2) is 34.8 Å². The van der Waals surface area contributed by atoms with Crippen molar-refractivity contribution in [3.05, 3.63) is 71.8 Å². The highest BCUT2D eigenvalue weighted by Crippen LogP contribution is 2.29. The molecule has 3 aromatic carbocycles. The highest BCUT2D eigenvalue weighted by atomic mass is 32.1. The quantitative estimate of drug-likeness (QED) is 0.453. The van der Waals surface area contributed by atoms with E-state index in [9.17, 15) is 9.59 Å². The topological polar surface area (TPSA) is 62.3 Å². The highest BCUT2D eigenvalue weighted by molar-refractivity contribution is 7.22. The van der Waals surface area contributed by atoms with Gasteiger partial charge in [-0.25, -0.2) is 4.98 Å². The fraction of sp³-hybridized carbons (Fsp3) is 0.269. The Labute approximate surface area is 191 Å². The number of fused-ring (bicyclic) bond motifs is 2. The summed E-state index contributed by atoms with van der Waals surface area (Å²) < 4.78 is 1.09. The summed E-state index contributed by atoms with van der Waals surface area (Å²) in [5.74, 6) is -0.0691. The molecule has 6 heteroatoms. The van der Waals surface area contributed by atoms with Gasteiger partial charge in [-0.1, -0.05) is 60.7 Å². The van der Waals surface area contributed by atoms with E-state index in [1.165, 1.54) is 16.9 Å². The van der Waals surface area contributed by atoms with Crippen molar-refractivity contribution in [2.45, 2.75) is 26.2 Å². The Kier molecular flexibility index (Phi) is 5.62. The molecule has 5 rings (SSSR count). The minimum Gasteiger partial charge on any atom is -0.339 e. The molecular weight excluding hydrogens is 418 g/mol. The van der Waals surface area contributed by atoms with E-state index in [1.807, 2.05) is 53.4 Å². The molecule has 0 aliphatic carbocycles. The molecule has 1 fully saturated rings. The van der Waals surface area contributed by atoms with Gasteiger partial charge < -0.3 is 10.2 Å². The average molecular weight is 444 g/mol. The minimum absolute atomic E-state index is 0.00275. The lowest BCUT2D eigenvalue weighted by Crippen LogP contribution is -2.41. The molecule has 2 heterocycles. The number of amides is 2. The van der Waals surface area contributed by atoms with Crippen LogP contribution in [0.2, 0.25) is 0 Å². The zero-order chi connectivity index (χ0) is 22.1. The van der Waals surface area contributed by atoms with Crippen LogP contribution < -0.4 is 5.32 Å². The van der Waals surface area contributed by atoms with E-state index in [1.54, 1.807) is 0 Å². The average Bonchev–Trinajstić information content (AvgIpc) is 3.24. The van der Waals surface area contributed by atoms with Gasteiger partial charge in [-0.15, -0.1) is 0 Å². The van der Waals surface area contributed by atoms with Crippen LogP contribution in [0.15, 0.2) is 60.7 Å². The van der Waals surface area contributed by atoms with Gasteiger partial charge in [0.1, 0.15) is 0 Å². The van der Waals surface area contributed by atoms with Crippen LogP contribution in [0.5, 0.6) is 0 Å². The molecule has 1 saturated heterocycles. The molecule has 4 aromatic rings. The molecule has 32 heavy (non-hydrogen) atoms. The lowest BCUT2D eigenvalue weighted by atomic mass is 9.95. The normalized spacial score (nSPS) is 14.7.